The number of imide groups is 1. The topological polar surface area (TPSA) is 63.4 Å². The summed E-state index contributed by atoms with van der Waals surface area (Å²) in [6.07, 6.45) is 0. The number of anilines is 1. The maximum absolute atomic E-state index is 12.4. The van der Waals surface area contributed by atoms with Crippen LogP contribution >= 0.6 is 11.3 Å². The van der Waals surface area contributed by atoms with Gasteiger partial charge in [0.05, 0.1) is 17.2 Å². The van der Waals surface area contributed by atoms with Gasteiger partial charge in [0.25, 0.3) is 11.8 Å². The maximum Gasteiger partial charge on any atom is 0.262 e. The molecule has 1 aromatic heterocycles. The molecule has 0 bridgehead atoms. The first-order valence-corrected chi connectivity index (χ1v) is 7.14. The molecule has 1 aliphatic rings. The highest BCUT2D eigenvalue weighted by Gasteiger charge is 2.39. The van der Waals surface area contributed by atoms with Gasteiger partial charge in [-0.05, 0) is 44.2 Å². The summed E-state index contributed by atoms with van der Waals surface area (Å²) in [5.41, 5.74) is 7.02. The molecule has 1 aromatic carbocycles. The van der Waals surface area contributed by atoms with E-state index in [1.54, 1.807) is 29.5 Å². The smallest absolute Gasteiger partial charge is 0.262 e. The third kappa shape index (κ3) is 1.82. The summed E-state index contributed by atoms with van der Waals surface area (Å²) < 4.78 is 0. The van der Waals surface area contributed by atoms with Gasteiger partial charge in [0.1, 0.15) is 0 Å². The van der Waals surface area contributed by atoms with Gasteiger partial charge >= 0.3 is 0 Å². The fourth-order valence-electron chi connectivity index (χ4n) is 2.43. The van der Waals surface area contributed by atoms with Crippen LogP contribution in [0.2, 0.25) is 0 Å². The highest BCUT2D eigenvalue weighted by molar-refractivity contribution is 7.12. The van der Waals surface area contributed by atoms with Gasteiger partial charge in [-0.2, -0.15) is 0 Å². The molecule has 0 saturated heterocycles. The number of amides is 2. The van der Waals surface area contributed by atoms with Crippen molar-refractivity contribution in [1.82, 2.24) is 4.90 Å². The summed E-state index contributed by atoms with van der Waals surface area (Å²) in [6.45, 7) is 3.88. The molecular formula is C15H14N2O2S. The van der Waals surface area contributed by atoms with E-state index < -0.39 is 0 Å². The molecule has 3 rings (SSSR count). The molecule has 0 saturated carbocycles. The molecule has 2 N–H and O–H groups in total. The Kier molecular flexibility index (Phi) is 2.87. The van der Waals surface area contributed by atoms with Crippen molar-refractivity contribution < 1.29 is 9.59 Å². The van der Waals surface area contributed by atoms with E-state index in [0.29, 0.717) is 16.8 Å². The van der Waals surface area contributed by atoms with Crippen molar-refractivity contribution in [3.63, 3.8) is 0 Å². The number of thiophene rings is 1. The molecule has 2 heterocycles. The van der Waals surface area contributed by atoms with Crippen LogP contribution < -0.4 is 5.73 Å². The van der Waals surface area contributed by atoms with Crippen LogP contribution in [0.4, 0.5) is 5.69 Å². The van der Waals surface area contributed by atoms with E-state index in [1.807, 2.05) is 26.0 Å². The van der Waals surface area contributed by atoms with Crippen LogP contribution in [-0.4, -0.2) is 16.7 Å². The minimum Gasteiger partial charge on any atom is -0.399 e. The number of carbonyl (C=O) groups is 2. The van der Waals surface area contributed by atoms with Gasteiger partial charge in [0, 0.05) is 15.4 Å². The maximum atomic E-state index is 12.4. The zero-order valence-electron chi connectivity index (χ0n) is 11.2. The van der Waals surface area contributed by atoms with Crippen LogP contribution in [0.15, 0.2) is 30.3 Å². The number of fused-ring (bicyclic) bond motifs is 1. The predicted octanol–water partition coefficient (Wildman–Crippen LogP) is 3.00. The largest absolute Gasteiger partial charge is 0.399 e. The molecule has 0 aliphatic carbocycles. The van der Waals surface area contributed by atoms with Crippen molar-refractivity contribution in [3.05, 3.63) is 51.2 Å². The molecule has 4 nitrogen and oxygen atoms in total. The van der Waals surface area contributed by atoms with Crippen molar-refractivity contribution in [2.75, 3.05) is 5.73 Å². The lowest BCUT2D eigenvalue weighted by molar-refractivity contribution is 0.0598. The Balaban J connectivity index is 2.01. The van der Waals surface area contributed by atoms with Crippen LogP contribution in [0.25, 0.3) is 0 Å². The van der Waals surface area contributed by atoms with Gasteiger partial charge in [-0.1, -0.05) is 0 Å². The SMILES string of the molecule is Cc1ccc(C(C)N2C(=O)c3ccc(N)cc3C2=O)s1. The van der Waals surface area contributed by atoms with E-state index in [2.05, 4.69) is 0 Å². The van der Waals surface area contributed by atoms with Gasteiger partial charge < -0.3 is 5.73 Å². The minimum atomic E-state index is -0.268. The summed E-state index contributed by atoms with van der Waals surface area (Å²) >= 11 is 1.60. The number of carbonyl (C=O) groups excluding carboxylic acids is 2. The van der Waals surface area contributed by atoms with E-state index in [-0.39, 0.29) is 17.9 Å². The molecule has 1 aliphatic heterocycles. The Morgan fingerprint density at radius 3 is 2.45 bits per heavy atom. The van der Waals surface area contributed by atoms with E-state index in [0.717, 1.165) is 9.75 Å². The number of aryl methyl sites for hydroxylation is 1. The van der Waals surface area contributed by atoms with Crippen LogP contribution in [-0.2, 0) is 0 Å². The fraction of sp³-hybridized carbons (Fsp3) is 0.200. The standard InChI is InChI=1S/C15H14N2O2S/c1-8-3-6-13(20-8)9(2)17-14(18)11-5-4-10(16)7-12(11)15(17)19/h3-7,9H,16H2,1-2H3. The summed E-state index contributed by atoms with van der Waals surface area (Å²) in [7, 11) is 0. The quantitative estimate of drug-likeness (QED) is 0.682. The first-order valence-electron chi connectivity index (χ1n) is 6.33. The van der Waals surface area contributed by atoms with Crippen LogP contribution in [0.1, 0.15) is 43.4 Å². The second kappa shape index (κ2) is 4.45. The average molecular weight is 286 g/mol. The lowest BCUT2D eigenvalue weighted by Gasteiger charge is -2.21. The van der Waals surface area contributed by atoms with Gasteiger partial charge in [0.2, 0.25) is 0 Å². The number of hydrogen-bond donors (Lipinski definition) is 1. The lowest BCUT2D eigenvalue weighted by Crippen LogP contribution is -2.32. The van der Waals surface area contributed by atoms with Gasteiger partial charge in [-0.15, -0.1) is 11.3 Å². The normalized spacial score (nSPS) is 15.6. The number of hydrogen-bond acceptors (Lipinski definition) is 4. The molecule has 0 fully saturated rings. The predicted molar refractivity (Wildman–Crippen MR) is 78.8 cm³/mol. The Labute approximate surface area is 120 Å². The molecule has 5 heteroatoms. The zero-order chi connectivity index (χ0) is 14.4. The number of rotatable bonds is 2. The second-order valence-corrected chi connectivity index (χ2v) is 6.23. The van der Waals surface area contributed by atoms with Crippen molar-refractivity contribution in [2.45, 2.75) is 19.9 Å². The van der Waals surface area contributed by atoms with Crippen LogP contribution in [0, 0.1) is 6.92 Å². The van der Waals surface area contributed by atoms with Crippen molar-refractivity contribution >= 4 is 28.8 Å². The average Bonchev–Trinajstić information content (AvgIpc) is 2.93. The van der Waals surface area contributed by atoms with Crippen molar-refractivity contribution in [2.24, 2.45) is 0 Å². The van der Waals surface area contributed by atoms with Crippen molar-refractivity contribution in [1.29, 1.82) is 0 Å². The Morgan fingerprint density at radius 1 is 1.10 bits per heavy atom. The first kappa shape index (κ1) is 12.9. The molecule has 0 radical (unpaired) electrons. The van der Waals surface area contributed by atoms with Gasteiger partial charge in [0.15, 0.2) is 0 Å². The first-order chi connectivity index (χ1) is 9.49. The summed E-state index contributed by atoms with van der Waals surface area (Å²) in [5, 5.41) is 0. The Morgan fingerprint density at radius 2 is 1.80 bits per heavy atom. The van der Waals surface area contributed by atoms with E-state index in [9.17, 15) is 9.59 Å². The number of benzene rings is 1. The van der Waals surface area contributed by atoms with Crippen LogP contribution in [0.3, 0.4) is 0 Å². The monoisotopic (exact) mass is 286 g/mol. The highest BCUT2D eigenvalue weighted by Crippen LogP contribution is 2.34. The summed E-state index contributed by atoms with van der Waals surface area (Å²) in [6, 6.07) is 8.53. The van der Waals surface area contributed by atoms with E-state index >= 15 is 0 Å². The van der Waals surface area contributed by atoms with Gasteiger partial charge in [-0.25, -0.2) is 0 Å². The second-order valence-electron chi connectivity index (χ2n) is 4.91. The lowest BCUT2D eigenvalue weighted by atomic mass is 10.1. The molecular weight excluding hydrogens is 272 g/mol. The van der Waals surface area contributed by atoms with E-state index in [1.165, 1.54) is 4.90 Å². The summed E-state index contributed by atoms with van der Waals surface area (Å²) in [5.74, 6) is -0.514. The number of nitrogens with zero attached hydrogens (tertiary/aromatic N) is 1. The third-order valence-corrected chi connectivity index (χ3v) is 4.67. The molecule has 1 atom stereocenters. The third-order valence-electron chi connectivity index (χ3n) is 3.50. The fourth-order valence-corrected chi connectivity index (χ4v) is 3.35. The van der Waals surface area contributed by atoms with Gasteiger partial charge in [-0.3, -0.25) is 14.5 Å². The Bertz CT molecular complexity index is 720. The summed E-state index contributed by atoms with van der Waals surface area (Å²) in [4.78, 5) is 28.3. The zero-order valence-corrected chi connectivity index (χ0v) is 12.0. The molecule has 2 aromatic rings. The molecule has 0 spiro atoms. The van der Waals surface area contributed by atoms with Crippen molar-refractivity contribution in [3.8, 4) is 0 Å². The Hall–Kier alpha value is -2.14. The number of nitrogens with two attached hydrogens (primary N) is 1. The molecule has 102 valence electrons. The molecule has 1 unspecified atom stereocenters. The highest BCUT2D eigenvalue weighted by atomic mass is 32.1. The van der Waals surface area contributed by atoms with E-state index in [4.69, 9.17) is 5.73 Å². The minimum absolute atomic E-state index is 0.247. The number of nitrogen functional groups attached to an aromatic ring is 1. The molecule has 20 heavy (non-hydrogen) atoms. The van der Waals surface area contributed by atoms with Crippen LogP contribution in [0.5, 0.6) is 0 Å². The molecule has 2 amide bonds.